The van der Waals surface area contributed by atoms with Gasteiger partial charge in [-0.15, -0.1) is 0 Å². The molecular weight excluding hydrogens is 222 g/mol. The molecule has 0 aromatic heterocycles. The summed E-state index contributed by atoms with van der Waals surface area (Å²) < 4.78 is 5.70. The van der Waals surface area contributed by atoms with Crippen LogP contribution in [0.3, 0.4) is 0 Å². The van der Waals surface area contributed by atoms with Crippen molar-refractivity contribution in [2.24, 2.45) is 0 Å². The molecule has 0 saturated carbocycles. The lowest BCUT2D eigenvalue weighted by Crippen LogP contribution is -2.27. The van der Waals surface area contributed by atoms with Crippen molar-refractivity contribution >= 4 is 0 Å². The first-order valence-corrected chi connectivity index (χ1v) is 7.03. The van der Waals surface area contributed by atoms with Gasteiger partial charge in [-0.25, -0.2) is 0 Å². The highest BCUT2D eigenvalue weighted by Gasteiger charge is 2.24. The van der Waals surface area contributed by atoms with Gasteiger partial charge in [-0.05, 0) is 55.8 Å². The summed E-state index contributed by atoms with van der Waals surface area (Å²) >= 11 is 0. The molecule has 0 unspecified atom stereocenters. The number of aryl methyl sites for hydroxylation is 1. The van der Waals surface area contributed by atoms with E-state index in [0.717, 1.165) is 18.8 Å². The van der Waals surface area contributed by atoms with E-state index in [0.29, 0.717) is 11.8 Å². The van der Waals surface area contributed by atoms with E-state index in [4.69, 9.17) is 4.74 Å². The number of nitrogens with one attached hydrogen (secondary N) is 1. The standard InChI is InChI=1S/C16H25NO/c1-11(2)14-6-5-12(3)16(18-4)15(14)13-7-9-17-10-8-13/h5-6,11,13,17H,7-10H2,1-4H3. The van der Waals surface area contributed by atoms with E-state index >= 15 is 0 Å². The number of benzene rings is 1. The highest BCUT2D eigenvalue weighted by molar-refractivity contribution is 5.49. The van der Waals surface area contributed by atoms with Crippen molar-refractivity contribution < 1.29 is 4.74 Å². The van der Waals surface area contributed by atoms with Crippen molar-refractivity contribution in [1.82, 2.24) is 5.32 Å². The molecule has 1 aromatic rings. The van der Waals surface area contributed by atoms with Crippen molar-refractivity contribution in [3.05, 3.63) is 28.8 Å². The van der Waals surface area contributed by atoms with Gasteiger partial charge < -0.3 is 10.1 Å². The Balaban J connectivity index is 2.48. The third-order valence-electron chi connectivity index (χ3n) is 4.00. The second-order valence-corrected chi connectivity index (χ2v) is 5.60. The van der Waals surface area contributed by atoms with Crippen LogP contribution in [-0.2, 0) is 0 Å². The lowest BCUT2D eigenvalue weighted by Gasteiger charge is -2.28. The SMILES string of the molecule is COc1c(C)ccc(C(C)C)c1C1CCNCC1. The predicted octanol–water partition coefficient (Wildman–Crippen LogP) is 3.59. The fourth-order valence-electron chi connectivity index (χ4n) is 3.03. The van der Waals surface area contributed by atoms with Crippen molar-refractivity contribution in [2.45, 2.75) is 45.4 Å². The van der Waals surface area contributed by atoms with Gasteiger partial charge in [0.1, 0.15) is 5.75 Å². The Hall–Kier alpha value is -1.02. The fraction of sp³-hybridized carbons (Fsp3) is 0.625. The van der Waals surface area contributed by atoms with Gasteiger partial charge in [0.2, 0.25) is 0 Å². The Kier molecular flexibility index (Phi) is 4.28. The second kappa shape index (κ2) is 5.75. The van der Waals surface area contributed by atoms with Crippen molar-refractivity contribution in [1.29, 1.82) is 0 Å². The molecule has 1 aliphatic heterocycles. The summed E-state index contributed by atoms with van der Waals surface area (Å²) in [6.45, 7) is 8.94. The third kappa shape index (κ3) is 2.54. The normalized spacial score (nSPS) is 17.2. The van der Waals surface area contributed by atoms with Crippen LogP contribution >= 0.6 is 0 Å². The van der Waals surface area contributed by atoms with Gasteiger partial charge in [0.15, 0.2) is 0 Å². The molecule has 0 bridgehead atoms. The van der Waals surface area contributed by atoms with Crippen LogP contribution in [0.25, 0.3) is 0 Å². The molecule has 2 heteroatoms. The summed E-state index contributed by atoms with van der Waals surface area (Å²) in [5.74, 6) is 2.33. The van der Waals surface area contributed by atoms with Gasteiger partial charge in [0, 0.05) is 5.56 Å². The topological polar surface area (TPSA) is 21.3 Å². The molecule has 0 amide bonds. The molecule has 0 atom stereocenters. The second-order valence-electron chi connectivity index (χ2n) is 5.60. The number of hydrogen-bond donors (Lipinski definition) is 1. The molecule has 1 aromatic carbocycles. The van der Waals surface area contributed by atoms with Crippen LogP contribution in [0.5, 0.6) is 5.75 Å². The third-order valence-corrected chi connectivity index (χ3v) is 4.00. The number of hydrogen-bond acceptors (Lipinski definition) is 2. The fourth-order valence-corrected chi connectivity index (χ4v) is 3.03. The van der Waals surface area contributed by atoms with Crippen LogP contribution in [0.15, 0.2) is 12.1 Å². The molecule has 1 saturated heterocycles. The zero-order valence-electron chi connectivity index (χ0n) is 12.0. The van der Waals surface area contributed by atoms with E-state index in [-0.39, 0.29) is 0 Å². The maximum atomic E-state index is 5.70. The van der Waals surface area contributed by atoms with Crippen LogP contribution in [0.2, 0.25) is 0 Å². The van der Waals surface area contributed by atoms with Gasteiger partial charge in [-0.3, -0.25) is 0 Å². The summed E-state index contributed by atoms with van der Waals surface area (Å²) in [4.78, 5) is 0. The van der Waals surface area contributed by atoms with Crippen LogP contribution < -0.4 is 10.1 Å². The van der Waals surface area contributed by atoms with Gasteiger partial charge in [-0.2, -0.15) is 0 Å². The molecule has 18 heavy (non-hydrogen) atoms. The average Bonchev–Trinajstić information content (AvgIpc) is 2.39. The molecule has 1 fully saturated rings. The zero-order chi connectivity index (χ0) is 13.1. The average molecular weight is 247 g/mol. The van der Waals surface area contributed by atoms with Gasteiger partial charge in [0.25, 0.3) is 0 Å². The summed E-state index contributed by atoms with van der Waals surface area (Å²) in [6.07, 6.45) is 2.44. The highest BCUT2D eigenvalue weighted by Crippen LogP contribution is 2.40. The van der Waals surface area contributed by atoms with E-state index in [1.54, 1.807) is 7.11 Å². The quantitative estimate of drug-likeness (QED) is 0.881. The minimum absolute atomic E-state index is 0.560. The molecule has 2 nitrogen and oxygen atoms in total. The minimum atomic E-state index is 0.560. The first kappa shape index (κ1) is 13.4. The molecule has 100 valence electrons. The lowest BCUT2D eigenvalue weighted by atomic mass is 9.82. The molecule has 1 heterocycles. The number of methoxy groups -OCH3 is 1. The summed E-state index contributed by atoms with van der Waals surface area (Å²) in [5, 5.41) is 3.44. The number of rotatable bonds is 3. The number of ether oxygens (including phenoxy) is 1. The predicted molar refractivity (Wildman–Crippen MR) is 76.7 cm³/mol. The maximum absolute atomic E-state index is 5.70. The van der Waals surface area contributed by atoms with Gasteiger partial charge in [0.05, 0.1) is 7.11 Å². The van der Waals surface area contributed by atoms with Crippen molar-refractivity contribution in [3.63, 3.8) is 0 Å². The largest absolute Gasteiger partial charge is 0.496 e. The van der Waals surface area contributed by atoms with E-state index < -0.39 is 0 Å². The molecule has 1 aliphatic rings. The Labute approximate surface area is 111 Å². The Morgan fingerprint density at radius 2 is 1.89 bits per heavy atom. The highest BCUT2D eigenvalue weighted by atomic mass is 16.5. The first-order valence-electron chi connectivity index (χ1n) is 7.03. The van der Waals surface area contributed by atoms with Crippen LogP contribution in [-0.4, -0.2) is 20.2 Å². The first-order chi connectivity index (χ1) is 8.65. The van der Waals surface area contributed by atoms with E-state index in [1.807, 2.05) is 0 Å². The van der Waals surface area contributed by atoms with Crippen molar-refractivity contribution in [3.8, 4) is 5.75 Å². The summed E-state index contributed by atoms with van der Waals surface area (Å²) in [5.41, 5.74) is 4.19. The molecule has 0 radical (unpaired) electrons. The van der Waals surface area contributed by atoms with Gasteiger partial charge >= 0.3 is 0 Å². The molecule has 1 N–H and O–H groups in total. The lowest BCUT2D eigenvalue weighted by molar-refractivity contribution is 0.386. The van der Waals surface area contributed by atoms with Crippen LogP contribution in [0.1, 0.15) is 55.2 Å². The summed E-state index contributed by atoms with van der Waals surface area (Å²) in [7, 11) is 1.80. The van der Waals surface area contributed by atoms with Crippen LogP contribution in [0, 0.1) is 6.92 Å². The Morgan fingerprint density at radius 1 is 1.22 bits per heavy atom. The monoisotopic (exact) mass is 247 g/mol. The smallest absolute Gasteiger partial charge is 0.125 e. The zero-order valence-corrected chi connectivity index (χ0v) is 12.0. The minimum Gasteiger partial charge on any atom is -0.496 e. The Morgan fingerprint density at radius 3 is 2.44 bits per heavy atom. The van der Waals surface area contributed by atoms with Crippen molar-refractivity contribution in [2.75, 3.05) is 20.2 Å². The maximum Gasteiger partial charge on any atom is 0.125 e. The Bertz CT molecular complexity index is 406. The molecule has 0 spiro atoms. The van der Waals surface area contributed by atoms with Gasteiger partial charge in [-0.1, -0.05) is 26.0 Å². The van der Waals surface area contributed by atoms with E-state index in [2.05, 4.69) is 38.2 Å². The summed E-state index contributed by atoms with van der Waals surface area (Å²) in [6, 6.07) is 4.48. The molecule has 2 rings (SSSR count). The van der Waals surface area contributed by atoms with E-state index in [9.17, 15) is 0 Å². The van der Waals surface area contributed by atoms with E-state index in [1.165, 1.54) is 29.5 Å². The molecule has 0 aliphatic carbocycles. The number of piperidine rings is 1. The van der Waals surface area contributed by atoms with Crippen LogP contribution in [0.4, 0.5) is 0 Å². The molecular formula is C16H25NO.